The average molecular weight is 462 g/mol. The lowest BCUT2D eigenvalue weighted by Crippen LogP contribution is -2.35. The fourth-order valence-electron chi connectivity index (χ4n) is 3.69. The van der Waals surface area contributed by atoms with E-state index < -0.39 is 48.1 Å². The van der Waals surface area contributed by atoms with Crippen LogP contribution in [0.2, 0.25) is 0 Å². The second-order valence-electron chi connectivity index (χ2n) is 8.03. The fraction of sp³-hybridized carbons (Fsp3) is 0.500. The van der Waals surface area contributed by atoms with E-state index >= 15 is 0 Å². The molecule has 4 atom stereocenters. The van der Waals surface area contributed by atoms with E-state index in [0.717, 1.165) is 0 Å². The summed E-state index contributed by atoms with van der Waals surface area (Å²) in [7, 11) is 0. The molecule has 1 aliphatic heterocycles. The summed E-state index contributed by atoms with van der Waals surface area (Å²) in [4.78, 5) is 48.0. The first-order valence-electron chi connectivity index (χ1n) is 10.6. The summed E-state index contributed by atoms with van der Waals surface area (Å²) in [5.41, 5.74) is 1.61. The molecule has 0 aromatic rings. The summed E-state index contributed by atoms with van der Waals surface area (Å²) in [6, 6.07) is 0. The Bertz CT molecular complexity index is 909. The zero-order valence-electron chi connectivity index (χ0n) is 19.3. The Morgan fingerprint density at radius 1 is 1.21 bits per heavy atom. The number of hydrogen-bond donors (Lipinski definition) is 1. The van der Waals surface area contributed by atoms with E-state index in [-0.39, 0.29) is 37.2 Å². The van der Waals surface area contributed by atoms with Crippen molar-refractivity contribution in [2.75, 3.05) is 13.2 Å². The molecule has 0 amide bonds. The Labute approximate surface area is 192 Å². The van der Waals surface area contributed by atoms with Gasteiger partial charge in [0.1, 0.15) is 24.9 Å². The Morgan fingerprint density at radius 3 is 2.52 bits per heavy atom. The molecule has 2 aliphatic rings. The molecule has 1 heterocycles. The topological polar surface area (TPSA) is 125 Å². The van der Waals surface area contributed by atoms with Gasteiger partial charge in [0.25, 0.3) is 0 Å². The van der Waals surface area contributed by atoms with Crippen LogP contribution in [0.1, 0.15) is 40.5 Å². The van der Waals surface area contributed by atoms with Crippen molar-refractivity contribution in [2.45, 2.75) is 58.8 Å². The molecule has 0 saturated carbocycles. The molecule has 33 heavy (non-hydrogen) atoms. The van der Waals surface area contributed by atoms with E-state index in [2.05, 4.69) is 6.58 Å². The van der Waals surface area contributed by atoms with Gasteiger partial charge in [-0.1, -0.05) is 12.7 Å². The zero-order valence-corrected chi connectivity index (χ0v) is 19.3. The molecule has 9 heteroatoms. The summed E-state index contributed by atoms with van der Waals surface area (Å²) in [6.07, 6.45) is 2.90. The molecular weight excluding hydrogens is 432 g/mol. The second-order valence-corrected chi connectivity index (χ2v) is 8.03. The summed E-state index contributed by atoms with van der Waals surface area (Å²) in [5, 5.41) is 9.09. The van der Waals surface area contributed by atoms with Crippen molar-refractivity contribution in [2.24, 2.45) is 5.92 Å². The number of rotatable bonds is 6. The van der Waals surface area contributed by atoms with Crippen molar-refractivity contribution >= 4 is 23.9 Å². The lowest BCUT2D eigenvalue weighted by Gasteiger charge is -2.29. The standard InChI is InChI=1S/C24H30O9/c1-13(8-9-25)23(28)32-21-11-18(12-30-16(4)26)6-7-19(31-17(5)27)14(2)10-20-22(21)15(3)24(29)33-20/h6,8,10,19-22,25H,3,7,9,11-12H2,1-2,4-5H3/b13-8+,14-10+,18-6-/t19-,20-,21+,22-/m0/s1. The lowest BCUT2D eigenvalue weighted by molar-refractivity contribution is -0.148. The Hall–Kier alpha value is -3.20. The van der Waals surface area contributed by atoms with Gasteiger partial charge in [-0.05, 0) is 37.1 Å². The SMILES string of the molecule is C=C1C(=O)O[C@H]2/C=C(\C)[C@@H](OC(C)=O)C/C=C(\COC(C)=O)C[C@@H](OC(=O)/C(C)=C/CO)[C@@H]12. The third-order valence-electron chi connectivity index (χ3n) is 5.43. The van der Waals surface area contributed by atoms with Gasteiger partial charge in [-0.15, -0.1) is 0 Å². The zero-order chi connectivity index (χ0) is 24.7. The molecular formula is C24H30O9. The molecule has 0 radical (unpaired) electrons. The van der Waals surface area contributed by atoms with Crippen LogP contribution in [0.15, 0.2) is 47.1 Å². The highest BCUT2D eigenvalue weighted by molar-refractivity contribution is 5.92. The summed E-state index contributed by atoms with van der Waals surface area (Å²) in [5.74, 6) is -2.95. The van der Waals surface area contributed by atoms with Crippen molar-refractivity contribution < 1.29 is 43.2 Å². The predicted octanol–water partition coefficient (Wildman–Crippen LogP) is 2.10. The minimum atomic E-state index is -0.861. The van der Waals surface area contributed by atoms with Gasteiger partial charge in [-0.25, -0.2) is 9.59 Å². The largest absolute Gasteiger partial charge is 0.461 e. The van der Waals surface area contributed by atoms with Crippen LogP contribution in [-0.2, 0) is 38.1 Å². The van der Waals surface area contributed by atoms with E-state index in [9.17, 15) is 19.2 Å². The number of esters is 4. The van der Waals surface area contributed by atoms with Gasteiger partial charge in [0.15, 0.2) is 0 Å². The van der Waals surface area contributed by atoms with Crippen LogP contribution < -0.4 is 0 Å². The highest BCUT2D eigenvalue weighted by Crippen LogP contribution is 2.37. The predicted molar refractivity (Wildman–Crippen MR) is 116 cm³/mol. The quantitative estimate of drug-likeness (QED) is 0.273. The van der Waals surface area contributed by atoms with E-state index in [1.54, 1.807) is 19.1 Å². The lowest BCUT2D eigenvalue weighted by atomic mass is 9.85. The molecule has 0 spiro atoms. The van der Waals surface area contributed by atoms with Gasteiger partial charge in [-0.2, -0.15) is 0 Å². The molecule has 1 aliphatic carbocycles. The molecule has 180 valence electrons. The van der Waals surface area contributed by atoms with E-state index in [4.69, 9.17) is 24.1 Å². The molecule has 1 N–H and O–H groups in total. The van der Waals surface area contributed by atoms with Gasteiger partial charge in [0, 0.05) is 37.8 Å². The Balaban J connectivity index is 2.50. The molecule has 0 unspecified atom stereocenters. The van der Waals surface area contributed by atoms with Crippen molar-refractivity contribution in [1.82, 2.24) is 0 Å². The number of aliphatic hydroxyl groups excluding tert-OH is 1. The smallest absolute Gasteiger partial charge is 0.334 e. The van der Waals surface area contributed by atoms with Crippen LogP contribution in [0.5, 0.6) is 0 Å². The van der Waals surface area contributed by atoms with Crippen molar-refractivity contribution in [3.05, 3.63) is 47.1 Å². The van der Waals surface area contributed by atoms with E-state index in [1.165, 1.54) is 26.8 Å². The second kappa shape index (κ2) is 11.6. The summed E-state index contributed by atoms with van der Waals surface area (Å²) in [6.45, 7) is 9.26. The first-order valence-corrected chi connectivity index (χ1v) is 10.6. The normalized spacial score (nSPS) is 28.9. The molecule has 0 bridgehead atoms. The van der Waals surface area contributed by atoms with Crippen molar-refractivity contribution in [3.63, 3.8) is 0 Å². The van der Waals surface area contributed by atoms with Crippen LogP contribution in [0.3, 0.4) is 0 Å². The molecule has 1 fully saturated rings. The monoisotopic (exact) mass is 462 g/mol. The van der Waals surface area contributed by atoms with Gasteiger partial charge in [-0.3, -0.25) is 9.59 Å². The molecule has 2 rings (SSSR count). The maximum absolute atomic E-state index is 12.6. The first-order chi connectivity index (χ1) is 15.5. The summed E-state index contributed by atoms with van der Waals surface area (Å²) >= 11 is 0. The number of hydrogen-bond acceptors (Lipinski definition) is 9. The highest BCUT2D eigenvalue weighted by atomic mass is 16.6. The third-order valence-corrected chi connectivity index (χ3v) is 5.43. The Kier molecular flexibility index (Phi) is 9.16. The number of carbonyl (C=O) groups is 4. The van der Waals surface area contributed by atoms with Crippen LogP contribution in [0.4, 0.5) is 0 Å². The fourth-order valence-corrected chi connectivity index (χ4v) is 3.69. The third kappa shape index (κ3) is 7.15. The van der Waals surface area contributed by atoms with Crippen molar-refractivity contribution in [1.29, 1.82) is 0 Å². The van der Waals surface area contributed by atoms with Gasteiger partial charge in [0.2, 0.25) is 0 Å². The van der Waals surface area contributed by atoms with Crippen LogP contribution in [-0.4, -0.2) is 60.5 Å². The molecule has 1 saturated heterocycles. The maximum Gasteiger partial charge on any atom is 0.334 e. The van der Waals surface area contributed by atoms with Gasteiger partial charge in [0.05, 0.1) is 12.5 Å². The minimum absolute atomic E-state index is 0.0664. The molecule has 0 aromatic heterocycles. The van der Waals surface area contributed by atoms with Crippen molar-refractivity contribution in [3.8, 4) is 0 Å². The van der Waals surface area contributed by atoms with Gasteiger partial charge < -0.3 is 24.1 Å². The minimum Gasteiger partial charge on any atom is -0.461 e. The first kappa shape index (κ1) is 26.1. The number of carbonyl (C=O) groups excluding carboxylic acids is 4. The number of fused-ring (bicyclic) bond motifs is 1. The summed E-state index contributed by atoms with van der Waals surface area (Å²) < 4.78 is 21.8. The van der Waals surface area contributed by atoms with Gasteiger partial charge >= 0.3 is 23.9 Å². The van der Waals surface area contributed by atoms with Crippen LogP contribution >= 0.6 is 0 Å². The van der Waals surface area contributed by atoms with E-state index in [1.807, 2.05) is 0 Å². The average Bonchev–Trinajstić information content (AvgIpc) is 3.00. The van der Waals surface area contributed by atoms with Crippen LogP contribution in [0.25, 0.3) is 0 Å². The molecule has 9 nitrogen and oxygen atoms in total. The Morgan fingerprint density at radius 2 is 1.91 bits per heavy atom. The van der Waals surface area contributed by atoms with Crippen LogP contribution in [0, 0.1) is 5.92 Å². The number of ether oxygens (including phenoxy) is 4. The molecule has 0 aromatic carbocycles. The highest BCUT2D eigenvalue weighted by Gasteiger charge is 2.45. The van der Waals surface area contributed by atoms with E-state index in [0.29, 0.717) is 11.1 Å². The number of aliphatic hydroxyl groups is 1. The maximum atomic E-state index is 12.6.